The quantitative estimate of drug-likeness (QED) is 0.931. The molecular weight excluding hydrogens is 290 g/mol. The summed E-state index contributed by atoms with van der Waals surface area (Å²) in [5, 5.41) is 8.32. The van der Waals surface area contributed by atoms with Crippen LogP contribution in [0.25, 0.3) is 0 Å². The Hall–Kier alpha value is -1.14. The summed E-state index contributed by atoms with van der Waals surface area (Å²) in [5.74, 6) is 3.85. The van der Waals surface area contributed by atoms with E-state index >= 15 is 0 Å². The van der Waals surface area contributed by atoms with Crippen LogP contribution in [0.3, 0.4) is 0 Å². The molecule has 1 aliphatic heterocycles. The third-order valence-corrected chi connectivity index (χ3v) is 6.23. The SMILES string of the molecule is CC1SCCSC1c1noc(CNc2ccccc2)n1. The molecule has 3 rings (SSSR count). The molecule has 0 amide bonds. The Morgan fingerprint density at radius 2 is 2.05 bits per heavy atom. The third kappa shape index (κ3) is 3.30. The molecule has 1 aromatic carbocycles. The van der Waals surface area contributed by atoms with Crippen molar-refractivity contribution in [3.8, 4) is 0 Å². The summed E-state index contributed by atoms with van der Waals surface area (Å²) in [6.45, 7) is 2.80. The number of anilines is 1. The maximum atomic E-state index is 5.34. The molecule has 1 fully saturated rings. The summed E-state index contributed by atoms with van der Waals surface area (Å²) < 4.78 is 5.34. The summed E-state index contributed by atoms with van der Waals surface area (Å²) >= 11 is 3.91. The smallest absolute Gasteiger partial charge is 0.245 e. The van der Waals surface area contributed by atoms with Gasteiger partial charge in [0.25, 0.3) is 0 Å². The fourth-order valence-electron chi connectivity index (χ4n) is 2.11. The van der Waals surface area contributed by atoms with Gasteiger partial charge in [-0.2, -0.15) is 16.7 Å². The molecule has 2 heterocycles. The normalized spacial score (nSPS) is 22.6. The second-order valence-corrected chi connectivity index (χ2v) is 7.37. The Morgan fingerprint density at radius 3 is 2.85 bits per heavy atom. The summed E-state index contributed by atoms with van der Waals surface area (Å²) in [4.78, 5) is 4.52. The molecular formula is C14H17N3OS2. The van der Waals surface area contributed by atoms with Gasteiger partial charge < -0.3 is 9.84 Å². The molecule has 2 unspecified atom stereocenters. The van der Waals surface area contributed by atoms with Crippen molar-refractivity contribution < 1.29 is 4.52 Å². The van der Waals surface area contributed by atoms with Crippen LogP contribution in [-0.4, -0.2) is 26.9 Å². The molecule has 1 N–H and O–H groups in total. The number of hydrogen-bond donors (Lipinski definition) is 1. The van der Waals surface area contributed by atoms with Gasteiger partial charge in [-0.05, 0) is 12.1 Å². The molecule has 2 aromatic rings. The monoisotopic (exact) mass is 307 g/mol. The van der Waals surface area contributed by atoms with E-state index < -0.39 is 0 Å². The Morgan fingerprint density at radius 1 is 1.25 bits per heavy atom. The van der Waals surface area contributed by atoms with Gasteiger partial charge in [0.1, 0.15) is 0 Å². The Balaban J connectivity index is 1.62. The molecule has 1 aliphatic rings. The largest absolute Gasteiger partial charge is 0.376 e. The van der Waals surface area contributed by atoms with E-state index in [0.29, 0.717) is 22.9 Å². The van der Waals surface area contributed by atoms with Gasteiger partial charge in [-0.3, -0.25) is 0 Å². The second-order valence-electron chi connectivity index (χ2n) is 4.63. The van der Waals surface area contributed by atoms with Gasteiger partial charge in [0, 0.05) is 22.4 Å². The van der Waals surface area contributed by atoms with Gasteiger partial charge in [-0.25, -0.2) is 0 Å². The van der Waals surface area contributed by atoms with Crippen molar-refractivity contribution in [3.63, 3.8) is 0 Å². The fourth-order valence-corrected chi connectivity index (χ4v) is 4.78. The van der Waals surface area contributed by atoms with Gasteiger partial charge in [0.2, 0.25) is 5.89 Å². The highest BCUT2D eigenvalue weighted by atomic mass is 32.2. The Labute approximate surface area is 127 Å². The summed E-state index contributed by atoms with van der Waals surface area (Å²) in [7, 11) is 0. The first-order valence-corrected chi connectivity index (χ1v) is 8.77. The van der Waals surface area contributed by atoms with Gasteiger partial charge in [-0.1, -0.05) is 30.3 Å². The molecule has 0 spiro atoms. The van der Waals surface area contributed by atoms with Crippen molar-refractivity contribution in [2.45, 2.75) is 24.0 Å². The maximum Gasteiger partial charge on any atom is 0.245 e. The molecule has 0 saturated carbocycles. The second kappa shape index (κ2) is 6.54. The van der Waals surface area contributed by atoms with E-state index in [2.05, 4.69) is 22.4 Å². The number of thioether (sulfide) groups is 2. The van der Waals surface area contributed by atoms with Crippen LogP contribution in [-0.2, 0) is 6.54 Å². The highest BCUT2D eigenvalue weighted by Gasteiger charge is 2.28. The molecule has 0 aliphatic carbocycles. The van der Waals surface area contributed by atoms with Crippen LogP contribution in [0.4, 0.5) is 5.69 Å². The van der Waals surface area contributed by atoms with E-state index in [4.69, 9.17) is 4.52 Å². The molecule has 1 saturated heterocycles. The van der Waals surface area contributed by atoms with Gasteiger partial charge >= 0.3 is 0 Å². The minimum atomic E-state index is 0.350. The van der Waals surface area contributed by atoms with Crippen LogP contribution >= 0.6 is 23.5 Å². The van der Waals surface area contributed by atoms with Crippen LogP contribution < -0.4 is 5.32 Å². The maximum absolute atomic E-state index is 5.34. The lowest BCUT2D eigenvalue weighted by Gasteiger charge is -2.24. The van der Waals surface area contributed by atoms with E-state index in [1.807, 2.05) is 53.9 Å². The Kier molecular flexibility index (Phi) is 4.52. The number of aromatic nitrogens is 2. The van der Waals surface area contributed by atoms with Crippen LogP contribution in [0.5, 0.6) is 0 Å². The van der Waals surface area contributed by atoms with E-state index in [1.54, 1.807) is 0 Å². The molecule has 0 bridgehead atoms. The molecule has 2 atom stereocenters. The molecule has 4 nitrogen and oxygen atoms in total. The minimum absolute atomic E-state index is 0.350. The molecule has 106 valence electrons. The molecule has 6 heteroatoms. The highest BCUT2D eigenvalue weighted by Crippen LogP contribution is 2.41. The zero-order valence-corrected chi connectivity index (χ0v) is 12.9. The average Bonchev–Trinajstić information content (AvgIpc) is 2.95. The summed E-state index contributed by atoms with van der Waals surface area (Å²) in [6.07, 6.45) is 0. The number of nitrogens with one attached hydrogen (secondary N) is 1. The lowest BCUT2D eigenvalue weighted by atomic mass is 10.3. The first kappa shape index (κ1) is 13.8. The lowest BCUT2D eigenvalue weighted by Crippen LogP contribution is -2.17. The first-order chi connectivity index (χ1) is 9.83. The van der Waals surface area contributed by atoms with Crippen LogP contribution in [0.1, 0.15) is 23.9 Å². The number of para-hydroxylation sites is 1. The van der Waals surface area contributed by atoms with E-state index in [1.165, 1.54) is 5.75 Å². The van der Waals surface area contributed by atoms with Crippen molar-refractivity contribution >= 4 is 29.2 Å². The highest BCUT2D eigenvalue weighted by molar-refractivity contribution is 8.06. The lowest BCUT2D eigenvalue weighted by molar-refractivity contribution is 0.377. The van der Waals surface area contributed by atoms with Crippen LogP contribution in [0.15, 0.2) is 34.9 Å². The summed E-state index contributed by atoms with van der Waals surface area (Å²) in [5.41, 5.74) is 1.06. The van der Waals surface area contributed by atoms with Crippen LogP contribution in [0, 0.1) is 0 Å². The minimum Gasteiger partial charge on any atom is -0.376 e. The molecule has 20 heavy (non-hydrogen) atoms. The fraction of sp³-hybridized carbons (Fsp3) is 0.429. The molecule has 1 aromatic heterocycles. The Bertz CT molecular complexity index is 546. The van der Waals surface area contributed by atoms with Gasteiger partial charge in [0.05, 0.1) is 11.8 Å². The van der Waals surface area contributed by atoms with E-state index in [9.17, 15) is 0 Å². The standard InChI is InChI=1S/C14H17N3OS2/c1-10-13(20-8-7-19-10)14-16-12(18-17-14)9-15-11-5-3-2-4-6-11/h2-6,10,13,15H,7-9H2,1H3. The number of rotatable bonds is 4. The zero-order valence-electron chi connectivity index (χ0n) is 11.3. The third-order valence-electron chi connectivity index (χ3n) is 3.14. The van der Waals surface area contributed by atoms with Crippen molar-refractivity contribution in [2.24, 2.45) is 0 Å². The topological polar surface area (TPSA) is 51.0 Å². The molecule has 0 radical (unpaired) electrons. The average molecular weight is 307 g/mol. The predicted molar refractivity (Wildman–Crippen MR) is 85.2 cm³/mol. The van der Waals surface area contributed by atoms with E-state index in [0.717, 1.165) is 17.3 Å². The van der Waals surface area contributed by atoms with Crippen molar-refractivity contribution in [2.75, 3.05) is 16.8 Å². The van der Waals surface area contributed by atoms with Gasteiger partial charge in [0.15, 0.2) is 5.82 Å². The van der Waals surface area contributed by atoms with Crippen molar-refractivity contribution in [1.82, 2.24) is 10.1 Å². The first-order valence-electron chi connectivity index (χ1n) is 6.67. The predicted octanol–water partition coefficient (Wildman–Crippen LogP) is 3.59. The zero-order chi connectivity index (χ0) is 13.8. The number of benzene rings is 1. The number of hydrogen-bond acceptors (Lipinski definition) is 6. The van der Waals surface area contributed by atoms with E-state index in [-0.39, 0.29) is 0 Å². The summed E-state index contributed by atoms with van der Waals surface area (Å²) in [6, 6.07) is 10.0. The number of nitrogens with zero attached hydrogens (tertiary/aromatic N) is 2. The van der Waals surface area contributed by atoms with Crippen molar-refractivity contribution in [1.29, 1.82) is 0 Å². The van der Waals surface area contributed by atoms with Crippen molar-refractivity contribution in [3.05, 3.63) is 42.0 Å². The van der Waals surface area contributed by atoms with Gasteiger partial charge in [-0.15, -0.1) is 11.8 Å². The van der Waals surface area contributed by atoms with Crippen LogP contribution in [0.2, 0.25) is 0 Å².